The third-order valence-corrected chi connectivity index (χ3v) is 3.18. The van der Waals surface area contributed by atoms with Gasteiger partial charge in [-0.25, -0.2) is 4.57 Å². The molecule has 1 aromatic carbocycles. The maximum absolute atomic E-state index is 2.35. The van der Waals surface area contributed by atoms with Gasteiger partial charge in [0.25, 0.3) is 5.65 Å². The lowest BCUT2D eigenvalue weighted by Gasteiger charge is -1.92. The maximum atomic E-state index is 2.35. The number of fused-ring (bicyclic) bond motifs is 3. The van der Waals surface area contributed by atoms with Crippen molar-refractivity contribution in [3.63, 3.8) is 0 Å². The van der Waals surface area contributed by atoms with E-state index < -0.39 is 0 Å². The van der Waals surface area contributed by atoms with Gasteiger partial charge in [-0.3, -0.25) is 0 Å². The van der Waals surface area contributed by atoms with E-state index in [9.17, 15) is 0 Å². The molecule has 80 valence electrons. The Kier molecular flexibility index (Phi) is 1.96. The molecule has 2 heteroatoms. The molecule has 3 rings (SSSR count). The highest BCUT2D eigenvalue weighted by Crippen LogP contribution is 2.18. The lowest BCUT2D eigenvalue weighted by atomic mass is 10.2. The number of aromatic nitrogens is 2. The summed E-state index contributed by atoms with van der Waals surface area (Å²) in [6, 6.07) is 12.8. The fourth-order valence-corrected chi connectivity index (χ4v) is 2.47. The Morgan fingerprint density at radius 1 is 1.12 bits per heavy atom. The summed E-state index contributed by atoms with van der Waals surface area (Å²) in [4.78, 5) is 0. The summed E-state index contributed by atoms with van der Waals surface area (Å²) in [7, 11) is 0. The van der Waals surface area contributed by atoms with Crippen molar-refractivity contribution >= 4 is 16.7 Å². The van der Waals surface area contributed by atoms with Crippen LogP contribution in [0.5, 0.6) is 0 Å². The molecule has 0 aliphatic rings. The topological polar surface area (TPSA) is 9.03 Å². The van der Waals surface area contributed by atoms with E-state index in [1.807, 2.05) is 0 Å². The molecule has 3 aromatic rings. The molecule has 2 nitrogen and oxygen atoms in total. The minimum atomic E-state index is 1.00. The average Bonchev–Trinajstić information content (AvgIpc) is 2.64. The predicted molar refractivity (Wildman–Crippen MR) is 65.5 cm³/mol. The molecular weight excluding hydrogens is 196 g/mol. The molecule has 2 heterocycles. The van der Waals surface area contributed by atoms with Crippen LogP contribution >= 0.6 is 0 Å². The zero-order chi connectivity index (χ0) is 11.1. The monoisotopic (exact) mass is 211 g/mol. The van der Waals surface area contributed by atoms with Crippen LogP contribution in [-0.2, 0) is 6.54 Å². The first-order valence-corrected chi connectivity index (χ1v) is 5.71. The molecule has 0 aliphatic carbocycles. The molecule has 0 saturated heterocycles. The normalized spacial score (nSPS) is 11.4. The van der Waals surface area contributed by atoms with Crippen molar-refractivity contribution in [1.82, 2.24) is 4.57 Å². The van der Waals surface area contributed by atoms with Crippen LogP contribution in [-0.4, -0.2) is 4.57 Å². The molecule has 2 aromatic heterocycles. The lowest BCUT2D eigenvalue weighted by Crippen LogP contribution is -2.20. The van der Waals surface area contributed by atoms with Crippen LogP contribution in [0.4, 0.5) is 0 Å². The van der Waals surface area contributed by atoms with E-state index in [4.69, 9.17) is 0 Å². The first kappa shape index (κ1) is 9.40. The number of aryl methyl sites for hydroxylation is 2. The molecule has 16 heavy (non-hydrogen) atoms. The Balaban J connectivity index is 2.64. The van der Waals surface area contributed by atoms with Crippen LogP contribution in [0.15, 0.2) is 42.6 Å². The number of imidazole rings is 1. The molecule has 0 unspecified atom stereocenters. The highest BCUT2D eigenvalue weighted by molar-refractivity contribution is 5.78. The Morgan fingerprint density at radius 2 is 2.00 bits per heavy atom. The van der Waals surface area contributed by atoms with Gasteiger partial charge in [0, 0.05) is 11.6 Å². The van der Waals surface area contributed by atoms with E-state index in [0.29, 0.717) is 0 Å². The van der Waals surface area contributed by atoms with Crippen LogP contribution in [0.2, 0.25) is 0 Å². The Morgan fingerprint density at radius 3 is 2.81 bits per heavy atom. The summed E-state index contributed by atoms with van der Waals surface area (Å²) in [5.41, 5.74) is 5.22. The van der Waals surface area contributed by atoms with E-state index >= 15 is 0 Å². The van der Waals surface area contributed by atoms with E-state index in [1.165, 1.54) is 22.2 Å². The van der Waals surface area contributed by atoms with Gasteiger partial charge in [0.1, 0.15) is 0 Å². The molecule has 0 fully saturated rings. The number of pyridine rings is 1. The Hall–Kier alpha value is -1.83. The summed E-state index contributed by atoms with van der Waals surface area (Å²) in [6.45, 7) is 5.36. The summed E-state index contributed by atoms with van der Waals surface area (Å²) < 4.78 is 4.62. The van der Waals surface area contributed by atoms with Crippen molar-refractivity contribution in [3.8, 4) is 0 Å². The van der Waals surface area contributed by atoms with Gasteiger partial charge in [0.2, 0.25) is 0 Å². The summed E-state index contributed by atoms with van der Waals surface area (Å²) in [5.74, 6) is 0. The third kappa shape index (κ3) is 1.10. The quantitative estimate of drug-likeness (QED) is 0.547. The highest BCUT2D eigenvalue weighted by atomic mass is 15.1. The SMILES string of the molecule is CCn1c2cccc(C)c2[n+]2ccccc12. The molecule has 0 radical (unpaired) electrons. The van der Waals surface area contributed by atoms with E-state index in [1.54, 1.807) is 0 Å². The van der Waals surface area contributed by atoms with Crippen LogP contribution in [0.1, 0.15) is 12.5 Å². The largest absolute Gasteiger partial charge is 0.287 e. The number of nitrogens with zero attached hydrogens (tertiary/aromatic N) is 2. The molecule has 0 atom stereocenters. The van der Waals surface area contributed by atoms with Crippen molar-refractivity contribution in [1.29, 1.82) is 0 Å². The van der Waals surface area contributed by atoms with Crippen molar-refractivity contribution < 1.29 is 4.40 Å². The maximum Gasteiger partial charge on any atom is 0.287 e. The molecule has 0 aliphatic heterocycles. The van der Waals surface area contributed by atoms with Crippen LogP contribution in [0.3, 0.4) is 0 Å². The summed E-state index contributed by atoms with van der Waals surface area (Å²) in [5, 5.41) is 0. The van der Waals surface area contributed by atoms with E-state index in [-0.39, 0.29) is 0 Å². The Labute approximate surface area is 94.8 Å². The van der Waals surface area contributed by atoms with Crippen molar-refractivity contribution in [3.05, 3.63) is 48.2 Å². The molecule has 0 saturated carbocycles. The van der Waals surface area contributed by atoms with Gasteiger partial charge >= 0.3 is 0 Å². The molecule has 0 spiro atoms. The Bertz CT molecular complexity index is 665. The van der Waals surface area contributed by atoms with Crippen LogP contribution in [0.25, 0.3) is 16.7 Å². The number of hydrogen-bond acceptors (Lipinski definition) is 0. The zero-order valence-corrected chi connectivity index (χ0v) is 9.64. The van der Waals surface area contributed by atoms with Crippen LogP contribution < -0.4 is 4.40 Å². The van der Waals surface area contributed by atoms with Crippen molar-refractivity contribution in [2.75, 3.05) is 0 Å². The number of para-hydroxylation sites is 1. The standard InChI is InChI=1S/C14H15N2/c1-3-15-12-8-6-7-11(2)14(12)16-10-5-4-9-13(15)16/h4-10H,3H2,1-2H3/q+1. The first-order valence-electron chi connectivity index (χ1n) is 5.71. The van der Waals surface area contributed by atoms with Gasteiger partial charge in [-0.05, 0) is 26.0 Å². The molecule has 0 bridgehead atoms. The third-order valence-electron chi connectivity index (χ3n) is 3.18. The second kappa shape index (κ2) is 3.34. The van der Waals surface area contributed by atoms with Gasteiger partial charge < -0.3 is 0 Å². The first-order chi connectivity index (χ1) is 7.83. The number of hydrogen-bond donors (Lipinski definition) is 0. The molecule has 0 N–H and O–H groups in total. The minimum Gasteiger partial charge on any atom is -0.223 e. The number of benzene rings is 1. The fourth-order valence-electron chi connectivity index (χ4n) is 2.47. The van der Waals surface area contributed by atoms with Gasteiger partial charge in [0.05, 0.1) is 12.7 Å². The van der Waals surface area contributed by atoms with Crippen molar-refractivity contribution in [2.45, 2.75) is 20.4 Å². The van der Waals surface area contributed by atoms with Gasteiger partial charge in [-0.1, -0.05) is 18.2 Å². The molecular formula is C14H15N2+. The minimum absolute atomic E-state index is 1.00. The molecule has 0 amide bonds. The van der Waals surface area contributed by atoms with Gasteiger partial charge in [-0.15, -0.1) is 0 Å². The summed E-state index contributed by atoms with van der Waals surface area (Å²) in [6.07, 6.45) is 2.14. The van der Waals surface area contributed by atoms with E-state index in [0.717, 1.165) is 6.54 Å². The second-order valence-electron chi connectivity index (χ2n) is 4.12. The smallest absolute Gasteiger partial charge is 0.223 e. The lowest BCUT2D eigenvalue weighted by molar-refractivity contribution is -0.482. The van der Waals surface area contributed by atoms with Gasteiger partial charge in [0.15, 0.2) is 11.0 Å². The fraction of sp³-hybridized carbons (Fsp3) is 0.214. The van der Waals surface area contributed by atoms with Crippen molar-refractivity contribution in [2.24, 2.45) is 0 Å². The predicted octanol–water partition coefficient (Wildman–Crippen LogP) is 2.71. The van der Waals surface area contributed by atoms with Crippen LogP contribution in [0, 0.1) is 6.92 Å². The zero-order valence-electron chi connectivity index (χ0n) is 9.64. The number of rotatable bonds is 1. The average molecular weight is 211 g/mol. The van der Waals surface area contributed by atoms with Gasteiger partial charge in [-0.2, -0.15) is 4.40 Å². The second-order valence-corrected chi connectivity index (χ2v) is 4.12. The van der Waals surface area contributed by atoms with E-state index in [2.05, 4.69) is 65.4 Å². The highest BCUT2D eigenvalue weighted by Gasteiger charge is 2.17. The summed E-state index contributed by atoms with van der Waals surface area (Å²) >= 11 is 0.